The zero-order valence-electron chi connectivity index (χ0n) is 8.92. The third kappa shape index (κ3) is 3.23. The Morgan fingerprint density at radius 3 is 2.82 bits per heavy atom. The minimum atomic E-state index is -0.287. The molecule has 1 amide bonds. The Morgan fingerprint density at radius 2 is 2.18 bits per heavy atom. The number of rotatable bonds is 4. The number of aromatic nitrogens is 1. The number of anilines is 2. The minimum Gasteiger partial charge on any atom is -0.484 e. The van der Waals surface area contributed by atoms with E-state index in [0.29, 0.717) is 17.1 Å². The van der Waals surface area contributed by atoms with Crippen LogP contribution in [0.3, 0.4) is 0 Å². The lowest BCUT2D eigenvalue weighted by atomic mass is 10.3. The Labute approximate surface area is 97.3 Å². The molecule has 1 aromatic heterocycles. The highest BCUT2D eigenvalue weighted by Crippen LogP contribution is 2.13. The summed E-state index contributed by atoms with van der Waals surface area (Å²) in [5, 5.41) is 6.02. The number of benzene rings is 1. The summed E-state index contributed by atoms with van der Waals surface area (Å²) in [6.45, 7) is -0.0882. The smallest absolute Gasteiger partial charge is 0.262 e. The third-order valence-electron chi connectivity index (χ3n) is 1.97. The first-order valence-corrected chi connectivity index (χ1v) is 4.91. The predicted molar refractivity (Wildman–Crippen MR) is 61.5 cm³/mol. The number of nitrogens with zero attached hydrogens (tertiary/aromatic N) is 1. The van der Waals surface area contributed by atoms with Crippen molar-refractivity contribution in [3.8, 4) is 5.75 Å². The highest BCUT2D eigenvalue weighted by Gasteiger charge is 2.04. The normalized spacial score (nSPS) is 9.88. The lowest BCUT2D eigenvalue weighted by molar-refractivity contribution is -0.118. The topological polar surface area (TPSA) is 90.4 Å². The second-order valence-corrected chi connectivity index (χ2v) is 3.32. The van der Waals surface area contributed by atoms with E-state index in [-0.39, 0.29) is 12.5 Å². The van der Waals surface area contributed by atoms with Gasteiger partial charge < -0.3 is 20.3 Å². The van der Waals surface area contributed by atoms with Crippen molar-refractivity contribution in [3.05, 3.63) is 36.7 Å². The SMILES string of the molecule is Nc1ccc(OCC(=O)Nc2cnoc2)cc1. The summed E-state index contributed by atoms with van der Waals surface area (Å²) in [5.74, 6) is 0.296. The van der Waals surface area contributed by atoms with Crippen LogP contribution in [0, 0.1) is 0 Å². The Morgan fingerprint density at radius 1 is 1.41 bits per heavy atom. The second kappa shape index (κ2) is 5.02. The molecule has 0 unspecified atom stereocenters. The zero-order chi connectivity index (χ0) is 12.1. The van der Waals surface area contributed by atoms with Crippen LogP contribution in [0.1, 0.15) is 0 Å². The average Bonchev–Trinajstić information content (AvgIpc) is 2.81. The van der Waals surface area contributed by atoms with Crippen LogP contribution in [0.25, 0.3) is 0 Å². The van der Waals surface area contributed by atoms with Gasteiger partial charge in [-0.2, -0.15) is 0 Å². The summed E-state index contributed by atoms with van der Waals surface area (Å²) in [6.07, 6.45) is 2.74. The molecule has 0 atom stereocenters. The fourth-order valence-corrected chi connectivity index (χ4v) is 1.18. The van der Waals surface area contributed by atoms with E-state index in [1.807, 2.05) is 0 Å². The molecule has 1 aromatic carbocycles. The van der Waals surface area contributed by atoms with Crippen LogP contribution < -0.4 is 15.8 Å². The number of carbonyl (C=O) groups excluding carboxylic acids is 1. The van der Waals surface area contributed by atoms with Gasteiger partial charge in [0.15, 0.2) is 6.61 Å². The van der Waals surface area contributed by atoms with E-state index in [4.69, 9.17) is 10.5 Å². The van der Waals surface area contributed by atoms with Gasteiger partial charge in [0.25, 0.3) is 5.91 Å². The first-order chi connectivity index (χ1) is 8.24. The van der Waals surface area contributed by atoms with Crippen molar-refractivity contribution in [2.75, 3.05) is 17.7 Å². The van der Waals surface area contributed by atoms with Crippen LogP contribution >= 0.6 is 0 Å². The van der Waals surface area contributed by atoms with E-state index in [1.165, 1.54) is 12.5 Å². The standard InChI is InChI=1S/C11H11N3O3/c12-8-1-3-10(4-2-8)16-7-11(15)14-9-5-13-17-6-9/h1-6H,7,12H2,(H,14,15). The predicted octanol–water partition coefficient (Wildman–Crippen LogP) is 1.27. The van der Waals surface area contributed by atoms with Crippen LogP contribution in [0.5, 0.6) is 5.75 Å². The van der Waals surface area contributed by atoms with Crippen molar-refractivity contribution in [1.29, 1.82) is 0 Å². The molecule has 0 saturated heterocycles. The molecule has 2 rings (SSSR count). The van der Waals surface area contributed by atoms with Crippen molar-refractivity contribution in [2.24, 2.45) is 0 Å². The molecule has 0 spiro atoms. The van der Waals surface area contributed by atoms with Gasteiger partial charge in [-0.1, -0.05) is 5.16 Å². The van der Waals surface area contributed by atoms with E-state index in [9.17, 15) is 4.79 Å². The number of hydrogen-bond donors (Lipinski definition) is 2. The maximum Gasteiger partial charge on any atom is 0.262 e. The fourth-order valence-electron chi connectivity index (χ4n) is 1.18. The number of ether oxygens (including phenoxy) is 1. The van der Waals surface area contributed by atoms with Gasteiger partial charge in [0.05, 0.1) is 6.20 Å². The first-order valence-electron chi connectivity index (χ1n) is 4.91. The maximum atomic E-state index is 11.4. The quantitative estimate of drug-likeness (QED) is 0.776. The van der Waals surface area contributed by atoms with E-state index in [0.717, 1.165) is 0 Å². The van der Waals surface area contributed by atoms with Crippen LogP contribution in [-0.2, 0) is 4.79 Å². The van der Waals surface area contributed by atoms with Crippen LogP contribution in [0.15, 0.2) is 41.2 Å². The van der Waals surface area contributed by atoms with Gasteiger partial charge in [-0.05, 0) is 24.3 Å². The molecule has 1 heterocycles. The summed E-state index contributed by atoms with van der Waals surface area (Å²) in [4.78, 5) is 11.4. The van der Waals surface area contributed by atoms with Gasteiger partial charge in [0.2, 0.25) is 0 Å². The van der Waals surface area contributed by atoms with Crippen molar-refractivity contribution in [1.82, 2.24) is 5.16 Å². The minimum absolute atomic E-state index is 0.0882. The molecule has 0 aliphatic heterocycles. The molecule has 0 radical (unpaired) electrons. The molecule has 6 heteroatoms. The monoisotopic (exact) mass is 233 g/mol. The first kappa shape index (κ1) is 11.0. The maximum absolute atomic E-state index is 11.4. The zero-order valence-corrected chi connectivity index (χ0v) is 8.92. The van der Waals surface area contributed by atoms with Gasteiger partial charge in [0, 0.05) is 5.69 Å². The Balaban J connectivity index is 1.82. The van der Waals surface area contributed by atoms with Gasteiger partial charge in [-0.3, -0.25) is 4.79 Å². The second-order valence-electron chi connectivity index (χ2n) is 3.32. The number of hydrogen-bond acceptors (Lipinski definition) is 5. The van der Waals surface area contributed by atoms with Gasteiger partial charge in [0.1, 0.15) is 17.7 Å². The highest BCUT2D eigenvalue weighted by molar-refractivity contribution is 5.91. The Hall–Kier alpha value is -2.50. The molecular formula is C11H11N3O3. The van der Waals surface area contributed by atoms with Crippen molar-refractivity contribution in [2.45, 2.75) is 0 Å². The van der Waals surface area contributed by atoms with Gasteiger partial charge in [-0.25, -0.2) is 0 Å². The number of nitrogens with two attached hydrogens (primary N) is 1. The summed E-state index contributed by atoms with van der Waals surface area (Å²) in [5.41, 5.74) is 6.66. The molecule has 0 saturated carbocycles. The lowest BCUT2D eigenvalue weighted by Crippen LogP contribution is -2.19. The summed E-state index contributed by atoms with van der Waals surface area (Å²) < 4.78 is 9.82. The molecule has 0 aliphatic rings. The third-order valence-corrected chi connectivity index (χ3v) is 1.97. The molecule has 6 nitrogen and oxygen atoms in total. The summed E-state index contributed by atoms with van der Waals surface area (Å²) >= 11 is 0. The van der Waals surface area contributed by atoms with Gasteiger partial charge in [-0.15, -0.1) is 0 Å². The highest BCUT2D eigenvalue weighted by atomic mass is 16.5. The van der Waals surface area contributed by atoms with Crippen molar-refractivity contribution in [3.63, 3.8) is 0 Å². The molecule has 17 heavy (non-hydrogen) atoms. The van der Waals surface area contributed by atoms with E-state index < -0.39 is 0 Å². The Bertz CT molecular complexity index is 479. The molecular weight excluding hydrogens is 222 g/mol. The number of nitrogen functional groups attached to an aromatic ring is 1. The number of amides is 1. The van der Waals surface area contributed by atoms with Crippen LogP contribution in [0.4, 0.5) is 11.4 Å². The summed E-state index contributed by atoms with van der Waals surface area (Å²) in [6, 6.07) is 6.80. The summed E-state index contributed by atoms with van der Waals surface area (Å²) in [7, 11) is 0. The average molecular weight is 233 g/mol. The molecule has 3 N–H and O–H groups in total. The van der Waals surface area contributed by atoms with Crippen molar-refractivity contribution < 1.29 is 14.1 Å². The fraction of sp³-hybridized carbons (Fsp3) is 0.0909. The van der Waals surface area contributed by atoms with Crippen molar-refractivity contribution >= 4 is 17.3 Å². The van der Waals surface area contributed by atoms with E-state index >= 15 is 0 Å². The number of nitrogens with one attached hydrogen (secondary N) is 1. The van der Waals surface area contributed by atoms with Crippen LogP contribution in [0.2, 0.25) is 0 Å². The van der Waals surface area contributed by atoms with E-state index in [2.05, 4.69) is 15.0 Å². The lowest BCUT2D eigenvalue weighted by Gasteiger charge is -2.05. The van der Waals surface area contributed by atoms with Crippen LogP contribution in [-0.4, -0.2) is 17.7 Å². The molecule has 88 valence electrons. The molecule has 0 aliphatic carbocycles. The Kier molecular flexibility index (Phi) is 3.25. The molecule has 0 bridgehead atoms. The molecule has 2 aromatic rings. The van der Waals surface area contributed by atoms with Gasteiger partial charge >= 0.3 is 0 Å². The molecule has 0 fully saturated rings. The number of carbonyl (C=O) groups is 1. The van der Waals surface area contributed by atoms with E-state index in [1.54, 1.807) is 24.3 Å². The largest absolute Gasteiger partial charge is 0.484 e.